The lowest BCUT2D eigenvalue weighted by atomic mass is 10.3. The van der Waals surface area contributed by atoms with E-state index in [9.17, 15) is 9.59 Å². The van der Waals surface area contributed by atoms with Gasteiger partial charge in [0.15, 0.2) is 5.75 Å². The maximum Gasteiger partial charge on any atom is 0.251 e. The zero-order valence-corrected chi connectivity index (χ0v) is 11.7. The highest BCUT2D eigenvalue weighted by Gasteiger charge is 2.04. The van der Waals surface area contributed by atoms with Gasteiger partial charge in [-0.05, 0) is 25.0 Å². The second-order valence-corrected chi connectivity index (χ2v) is 4.71. The molecule has 0 amide bonds. The van der Waals surface area contributed by atoms with Gasteiger partial charge in [-0.1, -0.05) is 6.92 Å². The molecule has 2 heterocycles. The first-order valence-electron chi connectivity index (χ1n) is 6.61. The van der Waals surface area contributed by atoms with E-state index in [1.54, 1.807) is 23.0 Å². The Morgan fingerprint density at radius 1 is 1.30 bits per heavy atom. The van der Waals surface area contributed by atoms with Crippen molar-refractivity contribution in [1.29, 1.82) is 0 Å². The van der Waals surface area contributed by atoms with Crippen LogP contribution >= 0.6 is 0 Å². The normalized spacial score (nSPS) is 10.5. The average Bonchev–Trinajstić information content (AvgIpc) is 2.41. The van der Waals surface area contributed by atoms with E-state index in [1.807, 2.05) is 19.9 Å². The third-order valence-electron chi connectivity index (χ3n) is 2.89. The molecule has 2 rings (SSSR count). The van der Waals surface area contributed by atoms with Gasteiger partial charge in [0, 0.05) is 30.2 Å². The van der Waals surface area contributed by atoms with E-state index in [4.69, 9.17) is 4.74 Å². The summed E-state index contributed by atoms with van der Waals surface area (Å²) < 4.78 is 6.86. The number of H-pyrrole nitrogens is 1. The van der Waals surface area contributed by atoms with Gasteiger partial charge >= 0.3 is 0 Å². The first-order chi connectivity index (χ1) is 9.60. The Morgan fingerprint density at radius 2 is 2.10 bits per heavy atom. The molecular formula is C15H18N2O3. The third-order valence-corrected chi connectivity index (χ3v) is 2.89. The molecule has 0 spiro atoms. The van der Waals surface area contributed by atoms with Crippen LogP contribution < -0.4 is 15.7 Å². The molecule has 0 fully saturated rings. The summed E-state index contributed by atoms with van der Waals surface area (Å²) in [6.07, 6.45) is 4.12. The quantitative estimate of drug-likeness (QED) is 0.902. The van der Waals surface area contributed by atoms with E-state index >= 15 is 0 Å². The molecule has 1 N–H and O–H groups in total. The van der Waals surface area contributed by atoms with Crippen LogP contribution in [0.3, 0.4) is 0 Å². The van der Waals surface area contributed by atoms with E-state index in [-0.39, 0.29) is 11.0 Å². The van der Waals surface area contributed by atoms with Crippen molar-refractivity contribution >= 4 is 0 Å². The largest absolute Gasteiger partial charge is 0.488 e. The minimum atomic E-state index is -0.174. The number of ether oxygens (including phenoxy) is 1. The number of rotatable bonds is 5. The summed E-state index contributed by atoms with van der Waals surface area (Å²) in [4.78, 5) is 26.6. The van der Waals surface area contributed by atoms with Gasteiger partial charge in [0.2, 0.25) is 5.43 Å². The summed E-state index contributed by atoms with van der Waals surface area (Å²) in [6, 6.07) is 4.90. The molecule has 0 bridgehead atoms. The van der Waals surface area contributed by atoms with Crippen LogP contribution in [0.5, 0.6) is 5.75 Å². The third kappa shape index (κ3) is 3.38. The number of aromatic amines is 1. The summed E-state index contributed by atoms with van der Waals surface area (Å²) in [7, 11) is 0. The van der Waals surface area contributed by atoms with Gasteiger partial charge < -0.3 is 14.3 Å². The highest BCUT2D eigenvalue weighted by atomic mass is 16.5. The van der Waals surface area contributed by atoms with E-state index in [2.05, 4.69) is 4.98 Å². The Bertz CT molecular complexity index is 701. The summed E-state index contributed by atoms with van der Waals surface area (Å²) in [5.41, 5.74) is 1.33. The van der Waals surface area contributed by atoms with Crippen LogP contribution in [-0.4, -0.2) is 16.2 Å². The summed E-state index contributed by atoms with van der Waals surface area (Å²) in [5, 5.41) is 0. The maximum absolute atomic E-state index is 11.8. The lowest BCUT2D eigenvalue weighted by Crippen LogP contribution is -2.21. The SMILES string of the molecule is CCCOc1c[nH]c(Cn2ccc(C)cc2=O)cc1=O. The number of nitrogens with one attached hydrogen (secondary N) is 1. The molecular weight excluding hydrogens is 256 g/mol. The highest BCUT2D eigenvalue weighted by Crippen LogP contribution is 2.04. The van der Waals surface area contributed by atoms with E-state index in [1.165, 1.54) is 6.07 Å². The standard InChI is InChI=1S/C15H18N2O3/c1-3-6-20-14-9-16-12(8-13(14)18)10-17-5-4-11(2)7-15(17)19/h4-5,7-9H,3,6,10H2,1-2H3,(H,16,18). The first kappa shape index (κ1) is 14.1. The molecule has 0 unspecified atom stereocenters. The Balaban J connectivity index is 2.20. The van der Waals surface area contributed by atoms with Crippen LogP contribution in [0.15, 0.2) is 40.2 Å². The van der Waals surface area contributed by atoms with Crippen molar-refractivity contribution in [2.45, 2.75) is 26.8 Å². The van der Waals surface area contributed by atoms with Crippen molar-refractivity contribution < 1.29 is 4.74 Å². The molecule has 2 aromatic rings. The lowest BCUT2D eigenvalue weighted by Gasteiger charge is -2.08. The molecule has 0 saturated carbocycles. The Labute approximate surface area is 116 Å². The Morgan fingerprint density at radius 3 is 2.75 bits per heavy atom. The first-order valence-corrected chi connectivity index (χ1v) is 6.61. The predicted molar refractivity (Wildman–Crippen MR) is 77.4 cm³/mol. The molecule has 5 nitrogen and oxygen atoms in total. The van der Waals surface area contributed by atoms with Gasteiger partial charge in [0.1, 0.15) is 0 Å². The number of hydrogen-bond donors (Lipinski definition) is 1. The zero-order valence-electron chi connectivity index (χ0n) is 11.7. The van der Waals surface area contributed by atoms with Crippen LogP contribution in [0.4, 0.5) is 0 Å². The van der Waals surface area contributed by atoms with Gasteiger partial charge in [0.05, 0.1) is 13.2 Å². The molecule has 0 aliphatic heterocycles. The Kier molecular flexibility index (Phi) is 4.40. The summed E-state index contributed by atoms with van der Waals surface area (Å²) in [5.74, 6) is 0.312. The van der Waals surface area contributed by atoms with E-state index < -0.39 is 0 Å². The molecule has 0 saturated heterocycles. The molecule has 0 aliphatic carbocycles. The highest BCUT2D eigenvalue weighted by molar-refractivity contribution is 5.21. The fourth-order valence-corrected chi connectivity index (χ4v) is 1.84. The van der Waals surface area contributed by atoms with Gasteiger partial charge in [-0.3, -0.25) is 9.59 Å². The van der Waals surface area contributed by atoms with Crippen LogP contribution in [0.2, 0.25) is 0 Å². The van der Waals surface area contributed by atoms with Crippen molar-refractivity contribution in [2.75, 3.05) is 6.61 Å². The van der Waals surface area contributed by atoms with Crippen molar-refractivity contribution in [3.8, 4) is 5.75 Å². The fourth-order valence-electron chi connectivity index (χ4n) is 1.84. The van der Waals surface area contributed by atoms with Crippen LogP contribution in [0.1, 0.15) is 24.6 Å². The molecule has 0 radical (unpaired) electrons. The second-order valence-electron chi connectivity index (χ2n) is 4.71. The Hall–Kier alpha value is -2.30. The van der Waals surface area contributed by atoms with E-state index in [0.29, 0.717) is 24.6 Å². The van der Waals surface area contributed by atoms with Crippen LogP contribution in [0, 0.1) is 6.92 Å². The molecule has 0 atom stereocenters. The van der Waals surface area contributed by atoms with Gasteiger partial charge in [-0.2, -0.15) is 0 Å². The van der Waals surface area contributed by atoms with Crippen molar-refractivity contribution in [1.82, 2.24) is 9.55 Å². The molecule has 106 valence electrons. The number of hydrogen-bond acceptors (Lipinski definition) is 3. The van der Waals surface area contributed by atoms with Crippen molar-refractivity contribution in [3.05, 3.63) is 62.4 Å². The minimum absolute atomic E-state index is 0.0860. The fraction of sp³-hybridized carbons (Fsp3) is 0.333. The number of aryl methyl sites for hydroxylation is 1. The number of aromatic nitrogens is 2. The average molecular weight is 274 g/mol. The smallest absolute Gasteiger partial charge is 0.251 e. The minimum Gasteiger partial charge on any atom is -0.488 e. The van der Waals surface area contributed by atoms with Crippen molar-refractivity contribution in [3.63, 3.8) is 0 Å². The second kappa shape index (κ2) is 6.23. The van der Waals surface area contributed by atoms with Crippen LogP contribution in [-0.2, 0) is 6.54 Å². The summed E-state index contributed by atoms with van der Waals surface area (Å²) in [6.45, 7) is 4.70. The van der Waals surface area contributed by atoms with Gasteiger partial charge in [-0.15, -0.1) is 0 Å². The number of pyridine rings is 2. The zero-order chi connectivity index (χ0) is 14.5. The molecule has 20 heavy (non-hydrogen) atoms. The molecule has 0 aliphatic rings. The lowest BCUT2D eigenvalue weighted by molar-refractivity contribution is 0.313. The van der Waals surface area contributed by atoms with E-state index in [0.717, 1.165) is 12.0 Å². The van der Waals surface area contributed by atoms with Gasteiger partial charge in [-0.25, -0.2) is 0 Å². The molecule has 0 aromatic carbocycles. The molecule has 2 aromatic heterocycles. The maximum atomic E-state index is 11.8. The molecule has 5 heteroatoms. The topological polar surface area (TPSA) is 64.1 Å². The predicted octanol–water partition coefficient (Wildman–Crippen LogP) is 1.68. The van der Waals surface area contributed by atoms with Crippen molar-refractivity contribution in [2.24, 2.45) is 0 Å². The van der Waals surface area contributed by atoms with Gasteiger partial charge in [0.25, 0.3) is 5.56 Å². The van der Waals surface area contributed by atoms with Crippen LogP contribution in [0.25, 0.3) is 0 Å². The number of nitrogens with zero attached hydrogens (tertiary/aromatic N) is 1. The monoisotopic (exact) mass is 274 g/mol. The summed E-state index contributed by atoms with van der Waals surface area (Å²) >= 11 is 0.